The van der Waals surface area contributed by atoms with Crippen molar-refractivity contribution in [3.63, 3.8) is 0 Å². The van der Waals surface area contributed by atoms with Gasteiger partial charge in [0.15, 0.2) is 5.82 Å². The maximum absolute atomic E-state index is 13.3. The Hall–Kier alpha value is -3.59. The molecule has 1 aliphatic heterocycles. The lowest BCUT2D eigenvalue weighted by Crippen LogP contribution is -2.52. The summed E-state index contributed by atoms with van der Waals surface area (Å²) in [5.41, 5.74) is 1.57. The molecule has 1 amide bonds. The lowest BCUT2D eigenvalue weighted by molar-refractivity contribution is 0.0535. The standard InChI is InChI=1S/C26H32N8O5S2/c1-40(36,37)16-17-13-33(14-17)26(35)21-12-28-24(10-22(21)30-19-4-2-3-5-19)31-23-8-9-27-25(32-23)18-11-29-34(15-18)41(38,39)20-6-7-20/h8-12,15,17,19-20H,2-7,13-14,16H2,1H3,(H2,27,28,30,31,32). The fraction of sp³-hybridized carbons (Fsp3) is 0.500. The summed E-state index contributed by atoms with van der Waals surface area (Å²) in [5, 5.41) is 10.3. The minimum Gasteiger partial charge on any atom is -0.382 e. The fourth-order valence-corrected chi connectivity index (χ4v) is 7.86. The quantitative estimate of drug-likeness (QED) is 0.350. The number of aromatic nitrogens is 5. The number of anilines is 3. The minimum atomic E-state index is -3.49. The van der Waals surface area contributed by atoms with Crippen LogP contribution in [-0.2, 0) is 19.9 Å². The number of hydrogen-bond acceptors (Lipinski definition) is 11. The molecule has 13 nitrogen and oxygen atoms in total. The zero-order chi connectivity index (χ0) is 28.8. The van der Waals surface area contributed by atoms with Crippen molar-refractivity contribution in [3.8, 4) is 11.4 Å². The molecular weight excluding hydrogens is 568 g/mol. The highest BCUT2D eigenvalue weighted by atomic mass is 32.2. The van der Waals surface area contributed by atoms with E-state index in [-0.39, 0.29) is 28.9 Å². The van der Waals surface area contributed by atoms with E-state index in [1.54, 1.807) is 23.2 Å². The third-order valence-corrected chi connectivity index (χ3v) is 10.7. The first-order chi connectivity index (χ1) is 19.5. The molecule has 1 saturated heterocycles. The highest BCUT2D eigenvalue weighted by Gasteiger charge is 2.38. The number of nitrogens with one attached hydrogen (secondary N) is 2. The van der Waals surface area contributed by atoms with Crippen LogP contribution in [0.15, 0.2) is 36.9 Å². The second-order valence-electron chi connectivity index (χ2n) is 11.1. The van der Waals surface area contributed by atoms with Crippen LogP contribution in [0.1, 0.15) is 48.9 Å². The second-order valence-corrected chi connectivity index (χ2v) is 15.4. The predicted octanol–water partition coefficient (Wildman–Crippen LogP) is 2.29. The monoisotopic (exact) mass is 600 g/mol. The van der Waals surface area contributed by atoms with Gasteiger partial charge in [0.2, 0.25) is 0 Å². The van der Waals surface area contributed by atoms with Crippen LogP contribution in [0.5, 0.6) is 0 Å². The average molecular weight is 601 g/mol. The molecule has 0 radical (unpaired) electrons. The predicted molar refractivity (Wildman–Crippen MR) is 153 cm³/mol. The van der Waals surface area contributed by atoms with Gasteiger partial charge in [-0.3, -0.25) is 4.79 Å². The van der Waals surface area contributed by atoms with Gasteiger partial charge in [0.25, 0.3) is 15.9 Å². The molecule has 3 aromatic heterocycles. The number of nitrogens with zero attached hydrogens (tertiary/aromatic N) is 6. The molecule has 0 bridgehead atoms. The molecule has 0 spiro atoms. The summed E-state index contributed by atoms with van der Waals surface area (Å²) in [7, 11) is -6.59. The first kappa shape index (κ1) is 27.6. The van der Waals surface area contributed by atoms with Crippen LogP contribution in [-0.4, -0.2) is 88.2 Å². The third kappa shape index (κ3) is 6.20. The van der Waals surface area contributed by atoms with E-state index < -0.39 is 19.9 Å². The van der Waals surface area contributed by atoms with Gasteiger partial charge in [0.05, 0.1) is 40.2 Å². The Morgan fingerprint density at radius 3 is 2.49 bits per heavy atom. The van der Waals surface area contributed by atoms with Crippen molar-refractivity contribution in [2.24, 2.45) is 5.92 Å². The molecule has 0 aromatic carbocycles. The summed E-state index contributed by atoms with van der Waals surface area (Å²) in [6.07, 6.45) is 12.7. The molecular formula is C26H32N8O5S2. The molecule has 3 aliphatic rings. The van der Waals surface area contributed by atoms with E-state index >= 15 is 0 Å². The summed E-state index contributed by atoms with van der Waals surface area (Å²) in [4.78, 5) is 28.2. The molecule has 15 heteroatoms. The maximum Gasteiger partial charge on any atom is 0.257 e. The van der Waals surface area contributed by atoms with Crippen molar-refractivity contribution >= 4 is 43.1 Å². The number of sulfone groups is 1. The van der Waals surface area contributed by atoms with Crippen LogP contribution in [0.4, 0.5) is 17.3 Å². The van der Waals surface area contributed by atoms with Crippen LogP contribution in [0.25, 0.3) is 11.4 Å². The average Bonchev–Trinajstić information content (AvgIpc) is 3.42. The zero-order valence-corrected chi connectivity index (χ0v) is 24.2. The smallest absolute Gasteiger partial charge is 0.257 e. The van der Waals surface area contributed by atoms with Crippen LogP contribution in [0.3, 0.4) is 0 Å². The van der Waals surface area contributed by atoms with Gasteiger partial charge in [-0.2, -0.15) is 9.19 Å². The molecule has 6 rings (SSSR count). The first-order valence-corrected chi connectivity index (χ1v) is 17.2. The van der Waals surface area contributed by atoms with Crippen LogP contribution in [0, 0.1) is 5.92 Å². The number of hydrogen-bond donors (Lipinski definition) is 2. The van der Waals surface area contributed by atoms with E-state index in [0.29, 0.717) is 60.2 Å². The summed E-state index contributed by atoms with van der Waals surface area (Å²) in [6.45, 7) is 0.800. The van der Waals surface area contributed by atoms with Gasteiger partial charge in [-0.25, -0.2) is 31.8 Å². The first-order valence-electron chi connectivity index (χ1n) is 13.7. The van der Waals surface area contributed by atoms with Crippen molar-refractivity contribution < 1.29 is 21.6 Å². The van der Waals surface area contributed by atoms with Gasteiger partial charge in [-0.1, -0.05) is 12.8 Å². The number of likely N-dealkylation sites (tertiary alicyclic amines) is 1. The lowest BCUT2D eigenvalue weighted by atomic mass is 10.0. The van der Waals surface area contributed by atoms with E-state index in [4.69, 9.17) is 0 Å². The van der Waals surface area contributed by atoms with Crippen LogP contribution in [0.2, 0.25) is 0 Å². The van der Waals surface area contributed by atoms with Gasteiger partial charge in [0.1, 0.15) is 21.5 Å². The SMILES string of the molecule is CS(=O)(=O)CC1CN(C(=O)c2cnc(Nc3ccnc(-c4cnn(S(=O)(=O)C5CC5)c4)n3)cc2NC2CCCC2)C1. The van der Waals surface area contributed by atoms with E-state index in [1.807, 2.05) is 0 Å². The Balaban J connectivity index is 1.20. The van der Waals surface area contributed by atoms with Crippen molar-refractivity contribution in [2.75, 3.05) is 35.7 Å². The Bertz CT molecular complexity index is 1670. The van der Waals surface area contributed by atoms with E-state index in [9.17, 15) is 21.6 Å². The van der Waals surface area contributed by atoms with Crippen molar-refractivity contribution in [2.45, 2.75) is 49.8 Å². The summed E-state index contributed by atoms with van der Waals surface area (Å²) in [6, 6.07) is 3.70. The zero-order valence-electron chi connectivity index (χ0n) is 22.6. The number of rotatable bonds is 10. The number of pyridine rings is 1. The fourth-order valence-electron chi connectivity index (χ4n) is 5.32. The molecule has 0 unspecified atom stereocenters. The third-order valence-electron chi connectivity index (χ3n) is 7.57. The maximum atomic E-state index is 13.3. The Kier molecular flexibility index (Phi) is 7.18. The molecule has 0 atom stereocenters. The van der Waals surface area contributed by atoms with Gasteiger partial charge in [-0.15, -0.1) is 0 Å². The highest BCUT2D eigenvalue weighted by Crippen LogP contribution is 2.31. The minimum absolute atomic E-state index is 0.0537. The van der Waals surface area contributed by atoms with Gasteiger partial charge in [0, 0.05) is 49.8 Å². The van der Waals surface area contributed by atoms with Gasteiger partial charge >= 0.3 is 0 Å². The molecule has 2 N–H and O–H groups in total. The van der Waals surface area contributed by atoms with E-state index in [0.717, 1.165) is 29.8 Å². The Morgan fingerprint density at radius 2 is 1.78 bits per heavy atom. The topological polar surface area (TPSA) is 169 Å². The van der Waals surface area contributed by atoms with Crippen LogP contribution < -0.4 is 10.6 Å². The normalized spacial score (nSPS) is 18.3. The lowest BCUT2D eigenvalue weighted by Gasteiger charge is -2.39. The van der Waals surface area contributed by atoms with Crippen LogP contribution >= 0.6 is 0 Å². The number of amides is 1. The van der Waals surface area contributed by atoms with Crippen molar-refractivity contribution in [3.05, 3.63) is 42.5 Å². The van der Waals surface area contributed by atoms with E-state index in [2.05, 4.69) is 30.7 Å². The molecule has 3 aromatic rings. The van der Waals surface area contributed by atoms with Gasteiger partial charge < -0.3 is 15.5 Å². The highest BCUT2D eigenvalue weighted by molar-refractivity contribution is 7.90. The Morgan fingerprint density at radius 1 is 1.02 bits per heavy atom. The molecule has 3 fully saturated rings. The summed E-state index contributed by atoms with van der Waals surface area (Å²) >= 11 is 0. The van der Waals surface area contributed by atoms with Crippen molar-refractivity contribution in [1.29, 1.82) is 0 Å². The molecule has 2 aliphatic carbocycles. The van der Waals surface area contributed by atoms with Crippen molar-refractivity contribution in [1.82, 2.24) is 29.0 Å². The van der Waals surface area contributed by atoms with Gasteiger partial charge in [-0.05, 0) is 31.7 Å². The molecule has 41 heavy (non-hydrogen) atoms. The summed E-state index contributed by atoms with van der Waals surface area (Å²) in [5.74, 6) is 1.06. The number of carbonyl (C=O) groups is 1. The summed E-state index contributed by atoms with van der Waals surface area (Å²) < 4.78 is 49.2. The largest absolute Gasteiger partial charge is 0.382 e. The molecule has 4 heterocycles. The number of carbonyl (C=O) groups excluding carboxylic acids is 1. The second kappa shape index (κ2) is 10.7. The molecule has 2 saturated carbocycles. The van der Waals surface area contributed by atoms with E-state index in [1.165, 1.54) is 24.8 Å². The molecule has 218 valence electrons. The Labute approximate surface area is 238 Å².